The number of nitrogens with one attached hydrogen (secondary N) is 1. The van der Waals surface area contributed by atoms with Gasteiger partial charge in [-0.25, -0.2) is 0 Å². The van der Waals surface area contributed by atoms with Gasteiger partial charge in [0.25, 0.3) is 0 Å². The molecule has 1 aromatic carbocycles. The van der Waals surface area contributed by atoms with E-state index in [4.69, 9.17) is 5.73 Å². The largest absolute Gasteiger partial charge is 0.388 e. The molecule has 1 rings (SSSR count). The number of nitrogens with two attached hydrogens (primary N) is 1. The van der Waals surface area contributed by atoms with Gasteiger partial charge in [-0.1, -0.05) is 46.8 Å². The van der Waals surface area contributed by atoms with Crippen LogP contribution in [0.2, 0.25) is 0 Å². The molecule has 0 aliphatic rings. The zero-order valence-electron chi connectivity index (χ0n) is 13.4. The molecule has 0 bridgehead atoms. The molecule has 0 fully saturated rings. The molecule has 20 heavy (non-hydrogen) atoms. The summed E-state index contributed by atoms with van der Waals surface area (Å²) in [4.78, 5) is 11.2. The van der Waals surface area contributed by atoms with E-state index in [0.717, 1.165) is 29.7 Å². The molecule has 1 amide bonds. The van der Waals surface area contributed by atoms with E-state index in [2.05, 4.69) is 25.7 Å². The van der Waals surface area contributed by atoms with E-state index in [1.807, 2.05) is 27.0 Å². The maximum absolute atomic E-state index is 11.2. The summed E-state index contributed by atoms with van der Waals surface area (Å²) in [6.45, 7) is 12.5. The second kappa shape index (κ2) is 9.18. The summed E-state index contributed by atoms with van der Waals surface area (Å²) < 4.78 is 0. The van der Waals surface area contributed by atoms with E-state index in [9.17, 15) is 4.79 Å². The van der Waals surface area contributed by atoms with Gasteiger partial charge in [-0.15, -0.1) is 0 Å². The number of amides is 1. The van der Waals surface area contributed by atoms with Gasteiger partial charge in [0.15, 0.2) is 0 Å². The molecule has 112 valence electrons. The number of anilines is 1. The van der Waals surface area contributed by atoms with Crippen molar-refractivity contribution in [3.8, 4) is 0 Å². The number of hydrogen-bond acceptors (Lipinski definition) is 2. The van der Waals surface area contributed by atoms with Gasteiger partial charge in [0, 0.05) is 23.9 Å². The molecule has 0 spiro atoms. The molecule has 0 saturated carbocycles. The van der Waals surface area contributed by atoms with Crippen LogP contribution >= 0.6 is 0 Å². The average molecular weight is 276 g/mol. The van der Waals surface area contributed by atoms with E-state index >= 15 is 0 Å². The lowest BCUT2D eigenvalue weighted by Crippen LogP contribution is -2.12. The van der Waals surface area contributed by atoms with Gasteiger partial charge < -0.3 is 11.1 Å². The van der Waals surface area contributed by atoms with Gasteiger partial charge in [-0.2, -0.15) is 0 Å². The fraction of sp³-hybridized carbons (Fsp3) is 0.471. The van der Waals surface area contributed by atoms with Crippen LogP contribution in [-0.2, 0) is 0 Å². The summed E-state index contributed by atoms with van der Waals surface area (Å²) in [5.41, 5.74) is 8.85. The predicted octanol–water partition coefficient (Wildman–Crippen LogP) is 4.30. The molecule has 3 N–H and O–H groups in total. The quantitative estimate of drug-likeness (QED) is 0.813. The molecule has 0 aromatic heterocycles. The molecule has 0 aliphatic heterocycles. The minimum Gasteiger partial charge on any atom is -0.388 e. The lowest BCUT2D eigenvalue weighted by Gasteiger charge is -2.18. The van der Waals surface area contributed by atoms with Crippen LogP contribution in [0.25, 0.3) is 5.57 Å². The highest BCUT2D eigenvalue weighted by atomic mass is 16.1. The molecular weight excluding hydrogens is 248 g/mol. The minimum absolute atomic E-state index is 0.412. The first-order valence-electron chi connectivity index (χ1n) is 7.32. The first kappa shape index (κ1) is 18.2. The van der Waals surface area contributed by atoms with Crippen LogP contribution in [0, 0.1) is 5.92 Å². The predicted molar refractivity (Wildman–Crippen MR) is 89.0 cm³/mol. The van der Waals surface area contributed by atoms with Crippen molar-refractivity contribution in [2.75, 3.05) is 12.4 Å². The Kier molecular flexibility index (Phi) is 8.37. The lowest BCUT2D eigenvalue weighted by atomic mass is 9.90. The van der Waals surface area contributed by atoms with E-state index in [1.165, 1.54) is 0 Å². The molecule has 0 saturated heterocycles. The summed E-state index contributed by atoms with van der Waals surface area (Å²) in [5.74, 6) is 0.0202. The van der Waals surface area contributed by atoms with Crippen molar-refractivity contribution < 1.29 is 4.79 Å². The maximum Gasteiger partial charge on any atom is 0.248 e. The highest BCUT2D eigenvalue weighted by Gasteiger charge is 2.13. The van der Waals surface area contributed by atoms with Gasteiger partial charge in [-0.3, -0.25) is 4.79 Å². The SMILES string of the molecule is C=C(c1ccc(C(N)=O)cc1NC)C(C)CCC.CC. The van der Waals surface area contributed by atoms with Crippen molar-refractivity contribution in [3.05, 3.63) is 35.9 Å². The Morgan fingerprint density at radius 3 is 2.45 bits per heavy atom. The molecule has 3 heteroatoms. The molecule has 3 nitrogen and oxygen atoms in total. The maximum atomic E-state index is 11.2. The first-order valence-corrected chi connectivity index (χ1v) is 7.32. The van der Waals surface area contributed by atoms with Crippen molar-refractivity contribution in [1.29, 1.82) is 0 Å². The zero-order valence-corrected chi connectivity index (χ0v) is 13.4. The Morgan fingerprint density at radius 2 is 2.00 bits per heavy atom. The highest BCUT2D eigenvalue weighted by molar-refractivity contribution is 5.95. The van der Waals surface area contributed by atoms with Crippen LogP contribution in [0.5, 0.6) is 0 Å². The van der Waals surface area contributed by atoms with Crippen molar-refractivity contribution >= 4 is 17.2 Å². The molecule has 1 aromatic rings. The Hall–Kier alpha value is -1.77. The van der Waals surface area contributed by atoms with E-state index in [0.29, 0.717) is 11.5 Å². The zero-order chi connectivity index (χ0) is 15.7. The second-order valence-corrected chi connectivity index (χ2v) is 4.59. The fourth-order valence-corrected chi connectivity index (χ4v) is 2.06. The second-order valence-electron chi connectivity index (χ2n) is 4.59. The van der Waals surface area contributed by atoms with Gasteiger partial charge in [-0.05, 0) is 30.0 Å². The number of rotatable bonds is 6. The summed E-state index contributed by atoms with van der Waals surface area (Å²) in [7, 11) is 1.83. The topological polar surface area (TPSA) is 55.1 Å². The van der Waals surface area contributed by atoms with Crippen molar-refractivity contribution in [2.45, 2.75) is 40.5 Å². The summed E-state index contributed by atoms with van der Waals surface area (Å²) in [5, 5.41) is 3.10. The third kappa shape index (κ3) is 4.72. The van der Waals surface area contributed by atoms with E-state index in [-0.39, 0.29) is 0 Å². The minimum atomic E-state index is -0.412. The first-order chi connectivity index (χ1) is 9.51. The summed E-state index contributed by atoms with van der Waals surface area (Å²) in [6.07, 6.45) is 2.24. The van der Waals surface area contributed by atoms with Crippen molar-refractivity contribution in [2.24, 2.45) is 11.7 Å². The summed E-state index contributed by atoms with van der Waals surface area (Å²) >= 11 is 0. The normalized spacial score (nSPS) is 11.1. The Bertz CT molecular complexity index is 452. The molecular formula is C17H28N2O. The average Bonchev–Trinajstić information content (AvgIpc) is 2.48. The van der Waals surface area contributed by atoms with Crippen LogP contribution in [0.15, 0.2) is 24.8 Å². The molecule has 0 aliphatic carbocycles. The lowest BCUT2D eigenvalue weighted by molar-refractivity contribution is 0.100. The third-order valence-electron chi connectivity index (χ3n) is 3.24. The Labute approximate surface area is 123 Å². The Balaban J connectivity index is 0.00000172. The molecule has 0 heterocycles. The van der Waals surface area contributed by atoms with Gasteiger partial charge in [0.2, 0.25) is 5.91 Å². The fourth-order valence-electron chi connectivity index (χ4n) is 2.06. The number of carbonyl (C=O) groups excluding carboxylic acids is 1. The molecule has 0 radical (unpaired) electrons. The highest BCUT2D eigenvalue weighted by Crippen LogP contribution is 2.31. The van der Waals surface area contributed by atoms with Crippen LogP contribution in [-0.4, -0.2) is 13.0 Å². The van der Waals surface area contributed by atoms with Crippen molar-refractivity contribution in [3.63, 3.8) is 0 Å². The smallest absolute Gasteiger partial charge is 0.248 e. The van der Waals surface area contributed by atoms with Gasteiger partial charge in [0.1, 0.15) is 0 Å². The van der Waals surface area contributed by atoms with Crippen molar-refractivity contribution in [1.82, 2.24) is 0 Å². The van der Waals surface area contributed by atoms with E-state index in [1.54, 1.807) is 12.1 Å². The van der Waals surface area contributed by atoms with Gasteiger partial charge in [0.05, 0.1) is 0 Å². The van der Waals surface area contributed by atoms with Gasteiger partial charge >= 0.3 is 0 Å². The molecule has 1 unspecified atom stereocenters. The number of benzene rings is 1. The third-order valence-corrected chi connectivity index (χ3v) is 3.24. The number of primary amides is 1. The van der Waals surface area contributed by atoms with E-state index < -0.39 is 5.91 Å². The van der Waals surface area contributed by atoms with Crippen LogP contribution < -0.4 is 11.1 Å². The van der Waals surface area contributed by atoms with Crippen LogP contribution in [0.1, 0.15) is 56.5 Å². The monoisotopic (exact) mass is 276 g/mol. The standard InChI is InChI=1S/C15H22N2O.C2H6/c1-5-6-10(2)11(3)13-8-7-12(15(16)18)9-14(13)17-4;1-2/h7-10,17H,3,5-6H2,1-2,4H3,(H2,16,18);1-2H3. The molecule has 1 atom stereocenters. The number of hydrogen-bond donors (Lipinski definition) is 2. The van der Waals surface area contributed by atoms with Crippen LogP contribution in [0.3, 0.4) is 0 Å². The summed E-state index contributed by atoms with van der Waals surface area (Å²) in [6, 6.07) is 5.45. The Morgan fingerprint density at radius 1 is 1.40 bits per heavy atom. The number of carbonyl (C=O) groups is 1. The van der Waals surface area contributed by atoms with Crippen LogP contribution in [0.4, 0.5) is 5.69 Å². The number of allylic oxidation sites excluding steroid dienone is 1.